The lowest BCUT2D eigenvalue weighted by molar-refractivity contribution is -0.0749. The number of nitrogens with two attached hydrogens (primary N) is 1. The molecule has 1 unspecified atom stereocenters. The van der Waals surface area contributed by atoms with Crippen LogP contribution in [0.2, 0.25) is 0 Å². The minimum absolute atomic E-state index is 0.0634. The van der Waals surface area contributed by atoms with E-state index in [4.69, 9.17) is 10.6 Å². The third-order valence-corrected chi connectivity index (χ3v) is 3.73. The quantitative estimate of drug-likeness (QED) is 0.481. The van der Waals surface area contributed by atoms with E-state index in [0.717, 1.165) is 31.8 Å². The van der Waals surface area contributed by atoms with Crippen LogP contribution < -0.4 is 11.3 Å². The molecule has 1 aliphatic rings. The molecule has 1 saturated carbocycles. The molecule has 3 N–H and O–H groups in total. The third-order valence-electron chi connectivity index (χ3n) is 3.73. The first-order valence-corrected chi connectivity index (χ1v) is 6.32. The van der Waals surface area contributed by atoms with Crippen molar-refractivity contribution in [3.8, 4) is 0 Å². The lowest BCUT2D eigenvalue weighted by Crippen LogP contribution is -2.54. The normalized spacial score (nSPS) is 19.2. The molecule has 0 aromatic heterocycles. The van der Waals surface area contributed by atoms with Crippen LogP contribution in [0.4, 0.5) is 0 Å². The second-order valence-electron chi connectivity index (χ2n) is 4.60. The fourth-order valence-corrected chi connectivity index (χ4v) is 2.46. The van der Waals surface area contributed by atoms with Crippen LogP contribution >= 0.6 is 0 Å². The molecule has 0 saturated heterocycles. The van der Waals surface area contributed by atoms with Gasteiger partial charge in [-0.3, -0.25) is 11.3 Å². The molecule has 0 aromatic rings. The van der Waals surface area contributed by atoms with Gasteiger partial charge < -0.3 is 4.74 Å². The van der Waals surface area contributed by atoms with E-state index in [-0.39, 0.29) is 5.60 Å². The van der Waals surface area contributed by atoms with E-state index in [0.29, 0.717) is 6.04 Å². The van der Waals surface area contributed by atoms with Crippen LogP contribution in [0.25, 0.3) is 0 Å². The fourth-order valence-electron chi connectivity index (χ4n) is 2.46. The van der Waals surface area contributed by atoms with Crippen LogP contribution in [0.5, 0.6) is 0 Å². The van der Waals surface area contributed by atoms with Crippen LogP contribution in [-0.2, 0) is 4.74 Å². The highest BCUT2D eigenvalue weighted by molar-refractivity contribution is 4.94. The number of ether oxygens (including phenoxy) is 1. The smallest absolute Gasteiger partial charge is 0.0842 e. The topological polar surface area (TPSA) is 47.3 Å². The number of nitrogens with one attached hydrogen (secondary N) is 1. The highest BCUT2D eigenvalue weighted by atomic mass is 16.5. The second kappa shape index (κ2) is 5.83. The molecule has 15 heavy (non-hydrogen) atoms. The molecule has 0 bridgehead atoms. The Morgan fingerprint density at radius 3 is 2.27 bits per heavy atom. The Morgan fingerprint density at radius 1 is 1.33 bits per heavy atom. The van der Waals surface area contributed by atoms with Crippen molar-refractivity contribution in [3.63, 3.8) is 0 Å². The third kappa shape index (κ3) is 3.16. The zero-order valence-corrected chi connectivity index (χ0v) is 10.4. The summed E-state index contributed by atoms with van der Waals surface area (Å²) in [5.41, 5.74) is 2.91. The molecule has 0 aromatic carbocycles. The summed E-state index contributed by atoms with van der Waals surface area (Å²) in [6, 6.07) is 0.306. The van der Waals surface area contributed by atoms with Crippen molar-refractivity contribution in [3.05, 3.63) is 0 Å². The summed E-state index contributed by atoms with van der Waals surface area (Å²) >= 11 is 0. The molecule has 0 amide bonds. The molecule has 0 heterocycles. The Kier molecular flexibility index (Phi) is 5.03. The predicted molar refractivity (Wildman–Crippen MR) is 63.4 cm³/mol. The van der Waals surface area contributed by atoms with E-state index in [1.165, 1.54) is 12.8 Å². The summed E-state index contributed by atoms with van der Waals surface area (Å²) in [5.74, 6) is 6.57. The second-order valence-corrected chi connectivity index (χ2v) is 4.60. The minimum atomic E-state index is -0.0634. The van der Waals surface area contributed by atoms with E-state index in [1.807, 2.05) is 0 Å². The monoisotopic (exact) mass is 214 g/mol. The highest BCUT2D eigenvalue weighted by Gasteiger charge is 2.39. The van der Waals surface area contributed by atoms with Crippen LogP contribution in [0.3, 0.4) is 0 Å². The number of hydrogen-bond acceptors (Lipinski definition) is 3. The van der Waals surface area contributed by atoms with Gasteiger partial charge in [0.05, 0.1) is 11.6 Å². The molecular formula is C12H26N2O. The molecule has 1 rings (SSSR count). The van der Waals surface area contributed by atoms with Crippen LogP contribution in [0.15, 0.2) is 0 Å². The number of hydrogen-bond donors (Lipinski definition) is 2. The van der Waals surface area contributed by atoms with Crippen molar-refractivity contribution in [2.24, 2.45) is 11.8 Å². The summed E-state index contributed by atoms with van der Waals surface area (Å²) in [6.07, 6.45) is 5.96. The summed E-state index contributed by atoms with van der Waals surface area (Å²) in [6.45, 7) is 7.21. The van der Waals surface area contributed by atoms with E-state index in [9.17, 15) is 0 Å². The van der Waals surface area contributed by atoms with Crippen molar-refractivity contribution < 1.29 is 4.74 Å². The Balaban J connectivity index is 2.62. The Hall–Kier alpha value is -0.120. The fraction of sp³-hybridized carbons (Fsp3) is 1.00. The number of hydrazine groups is 1. The van der Waals surface area contributed by atoms with Gasteiger partial charge >= 0.3 is 0 Å². The average Bonchev–Trinajstić information content (AvgIpc) is 3.07. The van der Waals surface area contributed by atoms with E-state index >= 15 is 0 Å². The van der Waals surface area contributed by atoms with Crippen molar-refractivity contribution in [2.75, 3.05) is 6.61 Å². The van der Waals surface area contributed by atoms with Gasteiger partial charge in [-0.1, -0.05) is 26.7 Å². The largest absolute Gasteiger partial charge is 0.374 e. The van der Waals surface area contributed by atoms with E-state index in [2.05, 4.69) is 26.2 Å². The minimum Gasteiger partial charge on any atom is -0.374 e. The summed E-state index contributed by atoms with van der Waals surface area (Å²) < 4.78 is 5.97. The summed E-state index contributed by atoms with van der Waals surface area (Å²) in [5, 5.41) is 0. The first-order valence-electron chi connectivity index (χ1n) is 6.32. The highest BCUT2D eigenvalue weighted by Crippen LogP contribution is 2.38. The van der Waals surface area contributed by atoms with Gasteiger partial charge in [0, 0.05) is 6.61 Å². The van der Waals surface area contributed by atoms with E-state index in [1.54, 1.807) is 0 Å². The Labute approximate surface area is 93.7 Å². The molecule has 0 spiro atoms. The van der Waals surface area contributed by atoms with Gasteiger partial charge in [-0.05, 0) is 32.1 Å². The maximum absolute atomic E-state index is 5.97. The SMILES string of the molecule is CCOC(CC)(CC)C(CC1CC1)NN. The van der Waals surface area contributed by atoms with Crippen LogP contribution in [-0.4, -0.2) is 18.2 Å². The maximum atomic E-state index is 5.97. The van der Waals surface area contributed by atoms with Crippen molar-refractivity contribution in [1.29, 1.82) is 0 Å². The van der Waals surface area contributed by atoms with Gasteiger partial charge in [0.25, 0.3) is 0 Å². The Bertz CT molecular complexity index is 176. The van der Waals surface area contributed by atoms with Gasteiger partial charge in [-0.25, -0.2) is 0 Å². The van der Waals surface area contributed by atoms with Crippen LogP contribution in [0.1, 0.15) is 52.9 Å². The molecular weight excluding hydrogens is 188 g/mol. The zero-order valence-electron chi connectivity index (χ0n) is 10.4. The summed E-state index contributed by atoms with van der Waals surface area (Å²) in [7, 11) is 0. The molecule has 3 nitrogen and oxygen atoms in total. The first-order chi connectivity index (χ1) is 7.22. The average molecular weight is 214 g/mol. The van der Waals surface area contributed by atoms with Gasteiger partial charge in [0.2, 0.25) is 0 Å². The molecule has 1 atom stereocenters. The van der Waals surface area contributed by atoms with Crippen molar-refractivity contribution >= 4 is 0 Å². The lowest BCUT2D eigenvalue weighted by atomic mass is 9.85. The Morgan fingerprint density at radius 2 is 1.93 bits per heavy atom. The van der Waals surface area contributed by atoms with Crippen LogP contribution in [0, 0.1) is 5.92 Å². The van der Waals surface area contributed by atoms with Crippen molar-refractivity contribution in [1.82, 2.24) is 5.43 Å². The van der Waals surface area contributed by atoms with Crippen molar-refractivity contribution in [2.45, 2.75) is 64.5 Å². The lowest BCUT2D eigenvalue weighted by Gasteiger charge is -2.39. The molecule has 1 aliphatic carbocycles. The zero-order chi connectivity index (χ0) is 11.3. The molecule has 1 fully saturated rings. The standard InChI is InChI=1S/C12H26N2O/c1-4-12(5-2,15-6-3)11(14-13)9-10-7-8-10/h10-11,14H,4-9,13H2,1-3H3. The van der Waals surface area contributed by atoms with E-state index < -0.39 is 0 Å². The molecule has 3 heteroatoms. The molecule has 0 aliphatic heterocycles. The number of rotatable bonds is 8. The predicted octanol–water partition coefficient (Wildman–Crippen LogP) is 2.21. The van der Waals surface area contributed by atoms with Gasteiger partial charge in [-0.2, -0.15) is 0 Å². The summed E-state index contributed by atoms with van der Waals surface area (Å²) in [4.78, 5) is 0. The van der Waals surface area contributed by atoms with Gasteiger partial charge in [-0.15, -0.1) is 0 Å². The van der Waals surface area contributed by atoms with Gasteiger partial charge in [0.15, 0.2) is 0 Å². The first kappa shape index (κ1) is 12.9. The molecule has 90 valence electrons. The van der Waals surface area contributed by atoms with Gasteiger partial charge in [0.1, 0.15) is 0 Å². The maximum Gasteiger partial charge on any atom is 0.0842 e. The molecule has 0 radical (unpaired) electrons.